The second-order valence-electron chi connectivity index (χ2n) is 8.35. The van der Waals surface area contributed by atoms with E-state index in [9.17, 15) is 9.59 Å². The second kappa shape index (κ2) is 10.8. The third-order valence-corrected chi connectivity index (χ3v) is 5.38. The van der Waals surface area contributed by atoms with Crippen molar-refractivity contribution in [1.29, 1.82) is 0 Å². The van der Waals surface area contributed by atoms with Crippen molar-refractivity contribution in [2.45, 2.75) is 59.2 Å². The van der Waals surface area contributed by atoms with Crippen LogP contribution in [0.1, 0.15) is 45.2 Å². The van der Waals surface area contributed by atoms with Crippen molar-refractivity contribution in [3.8, 4) is 5.75 Å². The van der Waals surface area contributed by atoms with E-state index in [1.165, 1.54) is 0 Å². The lowest BCUT2D eigenvalue weighted by Gasteiger charge is -2.33. The van der Waals surface area contributed by atoms with Gasteiger partial charge in [0.05, 0.1) is 0 Å². The minimum absolute atomic E-state index is 0.119. The maximum absolute atomic E-state index is 13.2. The molecule has 0 fully saturated rings. The molecular weight excluding hydrogens is 491 g/mol. The molecule has 2 amide bonds. The number of ether oxygens (including phenoxy) is 1. The number of nitrogens with one attached hydrogen (secondary N) is 1. The van der Waals surface area contributed by atoms with Gasteiger partial charge in [-0.3, -0.25) is 9.59 Å². The fraction of sp³-hybridized carbons (Fsp3) is 0.417. The number of carbonyl (C=O) groups excluding carboxylic acids is 2. The zero-order chi connectivity index (χ0) is 22.3. The summed E-state index contributed by atoms with van der Waals surface area (Å²) in [6.45, 7) is 9.98. The van der Waals surface area contributed by atoms with Crippen LogP contribution in [0.25, 0.3) is 0 Å². The van der Waals surface area contributed by atoms with Crippen molar-refractivity contribution < 1.29 is 14.3 Å². The van der Waals surface area contributed by atoms with Crippen LogP contribution >= 0.6 is 22.6 Å². The van der Waals surface area contributed by atoms with Gasteiger partial charge in [0.25, 0.3) is 5.91 Å². The molecular formula is C24H31IN2O3. The van der Waals surface area contributed by atoms with Crippen LogP contribution in [0.15, 0.2) is 48.5 Å². The van der Waals surface area contributed by atoms with E-state index in [2.05, 4.69) is 27.9 Å². The lowest BCUT2D eigenvalue weighted by Crippen LogP contribution is -2.54. The molecule has 2 rings (SSSR count). The SMILES string of the molecule is CC[C@H](C(=O)NC(C)(C)C)N(Cc1ccccc1C)C(=O)COc1ccc(I)cc1. The minimum atomic E-state index is -0.573. The topological polar surface area (TPSA) is 58.6 Å². The number of hydrogen-bond acceptors (Lipinski definition) is 3. The summed E-state index contributed by atoms with van der Waals surface area (Å²) in [6, 6.07) is 14.9. The maximum atomic E-state index is 13.2. The van der Waals surface area contributed by atoms with Crippen LogP contribution in [0.5, 0.6) is 5.75 Å². The first-order valence-corrected chi connectivity index (χ1v) is 11.2. The molecule has 0 aliphatic rings. The molecule has 0 saturated carbocycles. The molecule has 0 saturated heterocycles. The fourth-order valence-corrected chi connectivity index (χ4v) is 3.46. The van der Waals surface area contributed by atoms with E-state index >= 15 is 0 Å². The Kier molecular flexibility index (Phi) is 8.70. The summed E-state index contributed by atoms with van der Waals surface area (Å²) < 4.78 is 6.82. The van der Waals surface area contributed by atoms with Crippen molar-refractivity contribution in [3.63, 3.8) is 0 Å². The van der Waals surface area contributed by atoms with Crippen molar-refractivity contribution in [3.05, 3.63) is 63.2 Å². The average Bonchev–Trinajstić information content (AvgIpc) is 2.67. The van der Waals surface area contributed by atoms with Crippen molar-refractivity contribution in [2.24, 2.45) is 0 Å². The number of hydrogen-bond donors (Lipinski definition) is 1. The van der Waals surface area contributed by atoms with Crippen LogP contribution in [0.2, 0.25) is 0 Å². The number of carbonyl (C=O) groups is 2. The Bertz CT molecular complexity index is 859. The monoisotopic (exact) mass is 522 g/mol. The van der Waals surface area contributed by atoms with Gasteiger partial charge in [0.2, 0.25) is 5.91 Å². The molecule has 0 radical (unpaired) electrons. The largest absolute Gasteiger partial charge is 0.484 e. The molecule has 0 bridgehead atoms. The number of aryl methyl sites for hydroxylation is 1. The highest BCUT2D eigenvalue weighted by Crippen LogP contribution is 2.18. The molecule has 0 heterocycles. The van der Waals surface area contributed by atoms with Gasteiger partial charge in [0, 0.05) is 15.7 Å². The van der Waals surface area contributed by atoms with Crippen LogP contribution in [0, 0.1) is 10.5 Å². The summed E-state index contributed by atoms with van der Waals surface area (Å²) in [5.41, 5.74) is 1.72. The Morgan fingerprint density at radius 2 is 1.73 bits per heavy atom. The van der Waals surface area contributed by atoms with Gasteiger partial charge in [0.15, 0.2) is 6.61 Å². The first-order valence-electron chi connectivity index (χ1n) is 10.1. The van der Waals surface area contributed by atoms with Crippen LogP contribution in [-0.2, 0) is 16.1 Å². The summed E-state index contributed by atoms with van der Waals surface area (Å²) >= 11 is 2.22. The lowest BCUT2D eigenvalue weighted by molar-refractivity contribution is -0.143. The van der Waals surface area contributed by atoms with E-state index < -0.39 is 6.04 Å². The molecule has 2 aromatic rings. The van der Waals surface area contributed by atoms with Crippen molar-refractivity contribution in [1.82, 2.24) is 10.2 Å². The van der Waals surface area contributed by atoms with E-state index in [1.807, 2.05) is 83.1 Å². The van der Waals surface area contributed by atoms with Crippen LogP contribution in [-0.4, -0.2) is 34.9 Å². The molecule has 0 aliphatic heterocycles. The van der Waals surface area contributed by atoms with Gasteiger partial charge in [-0.1, -0.05) is 31.2 Å². The molecule has 1 atom stereocenters. The molecule has 0 aromatic heterocycles. The maximum Gasteiger partial charge on any atom is 0.261 e. The molecule has 162 valence electrons. The molecule has 6 heteroatoms. The standard InChI is InChI=1S/C24H31IN2O3/c1-6-21(23(29)26-24(3,4)5)27(15-18-10-8-7-9-17(18)2)22(28)16-30-20-13-11-19(25)12-14-20/h7-14,21H,6,15-16H2,1-5H3,(H,26,29)/t21-/m1/s1. The van der Waals surface area contributed by atoms with Crippen molar-refractivity contribution in [2.75, 3.05) is 6.61 Å². The molecule has 0 spiro atoms. The fourth-order valence-electron chi connectivity index (χ4n) is 3.10. The Morgan fingerprint density at radius 1 is 1.10 bits per heavy atom. The van der Waals surface area contributed by atoms with Crippen LogP contribution in [0.4, 0.5) is 0 Å². The van der Waals surface area contributed by atoms with E-state index in [1.54, 1.807) is 4.90 Å². The zero-order valence-electron chi connectivity index (χ0n) is 18.4. The molecule has 30 heavy (non-hydrogen) atoms. The summed E-state index contributed by atoms with van der Waals surface area (Å²) in [4.78, 5) is 27.8. The van der Waals surface area contributed by atoms with Gasteiger partial charge >= 0.3 is 0 Å². The predicted octanol–water partition coefficient (Wildman–Crippen LogP) is 4.70. The highest BCUT2D eigenvalue weighted by Gasteiger charge is 2.31. The number of halogens is 1. The molecule has 0 unspecified atom stereocenters. The van der Waals surface area contributed by atoms with E-state index in [0.717, 1.165) is 14.7 Å². The van der Waals surface area contributed by atoms with Gasteiger partial charge in [-0.05, 0) is 92.1 Å². The van der Waals surface area contributed by atoms with Gasteiger partial charge in [-0.2, -0.15) is 0 Å². The lowest BCUT2D eigenvalue weighted by atomic mass is 10.0. The molecule has 1 N–H and O–H groups in total. The van der Waals surface area contributed by atoms with Gasteiger partial charge in [-0.15, -0.1) is 0 Å². The normalized spacial score (nSPS) is 12.2. The van der Waals surface area contributed by atoms with Crippen molar-refractivity contribution >= 4 is 34.4 Å². The Hall–Kier alpha value is -2.09. The summed E-state index contributed by atoms with van der Waals surface area (Å²) in [5, 5.41) is 3.01. The third-order valence-electron chi connectivity index (χ3n) is 4.66. The second-order valence-corrected chi connectivity index (χ2v) is 9.60. The van der Waals surface area contributed by atoms with Crippen LogP contribution < -0.4 is 10.1 Å². The molecule has 2 aromatic carbocycles. The van der Waals surface area contributed by atoms with Gasteiger partial charge in [-0.25, -0.2) is 0 Å². The minimum Gasteiger partial charge on any atom is -0.484 e. The number of benzene rings is 2. The smallest absolute Gasteiger partial charge is 0.261 e. The van der Waals surface area contributed by atoms with Gasteiger partial charge < -0.3 is 15.0 Å². The quantitative estimate of drug-likeness (QED) is 0.512. The van der Waals surface area contributed by atoms with Gasteiger partial charge in [0.1, 0.15) is 11.8 Å². The zero-order valence-corrected chi connectivity index (χ0v) is 20.5. The van der Waals surface area contributed by atoms with E-state index in [-0.39, 0.29) is 24.0 Å². The number of rotatable bonds is 8. The van der Waals surface area contributed by atoms with E-state index in [0.29, 0.717) is 18.7 Å². The Labute approximate surface area is 193 Å². The third kappa shape index (κ3) is 7.31. The number of nitrogens with zero attached hydrogens (tertiary/aromatic N) is 1. The summed E-state index contributed by atoms with van der Waals surface area (Å²) in [5.74, 6) is 0.265. The van der Waals surface area contributed by atoms with E-state index in [4.69, 9.17) is 4.74 Å². The number of amides is 2. The first-order chi connectivity index (χ1) is 14.1. The Morgan fingerprint density at radius 3 is 2.30 bits per heavy atom. The molecule has 0 aliphatic carbocycles. The highest BCUT2D eigenvalue weighted by atomic mass is 127. The molecule has 5 nitrogen and oxygen atoms in total. The summed E-state index contributed by atoms with van der Waals surface area (Å²) in [7, 11) is 0. The predicted molar refractivity (Wildman–Crippen MR) is 128 cm³/mol. The average molecular weight is 522 g/mol. The van der Waals surface area contributed by atoms with Crippen LogP contribution in [0.3, 0.4) is 0 Å². The first kappa shape index (κ1) is 24.2. The highest BCUT2D eigenvalue weighted by molar-refractivity contribution is 14.1. The summed E-state index contributed by atoms with van der Waals surface area (Å²) in [6.07, 6.45) is 0.517. The Balaban J connectivity index is 2.24.